The van der Waals surface area contributed by atoms with Crippen molar-refractivity contribution in [3.05, 3.63) is 83.4 Å². The van der Waals surface area contributed by atoms with E-state index in [1.165, 1.54) is 18.2 Å². The Morgan fingerprint density at radius 3 is 2.59 bits per heavy atom. The van der Waals surface area contributed by atoms with Crippen LogP contribution in [0.25, 0.3) is 17.2 Å². The topological polar surface area (TPSA) is 76.1 Å². The zero-order valence-electron chi connectivity index (χ0n) is 17.2. The number of carbonyl (C=O) groups is 1. The van der Waals surface area contributed by atoms with Gasteiger partial charge in [-0.15, -0.1) is 0 Å². The Morgan fingerprint density at radius 2 is 1.88 bits per heavy atom. The van der Waals surface area contributed by atoms with E-state index < -0.39 is 15.8 Å². The summed E-state index contributed by atoms with van der Waals surface area (Å²) in [5, 5.41) is 0. The molecular formula is C25H21FN2O3S. The highest BCUT2D eigenvalue weighted by molar-refractivity contribution is 7.92. The molecule has 0 aliphatic heterocycles. The van der Waals surface area contributed by atoms with Gasteiger partial charge in [0, 0.05) is 35.7 Å². The first-order valence-corrected chi connectivity index (χ1v) is 12.0. The average molecular weight is 449 g/mol. The fourth-order valence-corrected chi connectivity index (χ4v) is 5.01. The quantitative estimate of drug-likeness (QED) is 0.564. The second kappa shape index (κ2) is 7.98. The number of anilines is 1. The molecule has 3 aromatic rings. The van der Waals surface area contributed by atoms with E-state index in [0.29, 0.717) is 12.1 Å². The Hall–Kier alpha value is -3.32. The third kappa shape index (κ3) is 4.21. The molecule has 0 spiro atoms. The number of hydrogen-bond acceptors (Lipinski definition) is 4. The number of allylic oxidation sites excluding steroid dienone is 1. The van der Waals surface area contributed by atoms with Gasteiger partial charge in [-0.2, -0.15) is 0 Å². The van der Waals surface area contributed by atoms with Gasteiger partial charge in [0.25, 0.3) is 10.0 Å². The zero-order chi connectivity index (χ0) is 22.3. The minimum absolute atomic E-state index is 0.136. The highest BCUT2D eigenvalue weighted by Crippen LogP contribution is 2.34. The monoisotopic (exact) mass is 448 g/mol. The van der Waals surface area contributed by atoms with E-state index in [-0.39, 0.29) is 16.6 Å². The summed E-state index contributed by atoms with van der Waals surface area (Å²) < 4.78 is 41.0. The number of Topliss-reactive ketones (excluding diaryl/α,β-unsaturated/α-hetero) is 1. The van der Waals surface area contributed by atoms with Gasteiger partial charge in [0.15, 0.2) is 0 Å². The van der Waals surface area contributed by atoms with E-state index in [4.69, 9.17) is 4.98 Å². The molecule has 0 radical (unpaired) electrons. The van der Waals surface area contributed by atoms with Crippen LogP contribution in [-0.4, -0.2) is 19.2 Å². The van der Waals surface area contributed by atoms with Crippen molar-refractivity contribution in [1.82, 2.24) is 4.98 Å². The first kappa shape index (κ1) is 20.6. The molecule has 1 aromatic heterocycles. The number of sulfonamides is 1. The molecular weight excluding hydrogens is 427 g/mol. The third-order valence-electron chi connectivity index (χ3n) is 5.73. The first-order valence-electron chi connectivity index (χ1n) is 10.5. The Labute approximate surface area is 186 Å². The Kier molecular flexibility index (Phi) is 5.13. The third-order valence-corrected chi connectivity index (χ3v) is 7.11. The van der Waals surface area contributed by atoms with Crippen LogP contribution in [0.4, 0.5) is 10.1 Å². The number of pyridine rings is 1. The maximum absolute atomic E-state index is 13.4. The van der Waals surface area contributed by atoms with Crippen molar-refractivity contribution in [2.45, 2.75) is 30.6 Å². The number of nitrogens with zero attached hydrogens (tertiary/aromatic N) is 1. The number of hydrogen-bond donors (Lipinski definition) is 1. The van der Waals surface area contributed by atoms with Crippen LogP contribution in [0.15, 0.2) is 65.6 Å². The molecule has 2 aliphatic carbocycles. The SMILES string of the molecule is O=C(Cc1cc(-c2ccc(NS(=O)(=O)c3cccc(F)c3)cc2)c2c(n1)CC=C2)C1CC1. The lowest BCUT2D eigenvalue weighted by Crippen LogP contribution is -2.13. The number of fused-ring (bicyclic) bond motifs is 1. The number of carbonyl (C=O) groups excluding carboxylic acids is 1. The van der Waals surface area contributed by atoms with E-state index in [1.807, 2.05) is 24.3 Å². The molecule has 0 bridgehead atoms. The van der Waals surface area contributed by atoms with Gasteiger partial charge in [-0.1, -0.05) is 30.4 Å². The summed E-state index contributed by atoms with van der Waals surface area (Å²) in [6, 6.07) is 13.8. The molecule has 0 atom stereocenters. The molecule has 162 valence electrons. The molecule has 5 nitrogen and oxygen atoms in total. The summed E-state index contributed by atoms with van der Waals surface area (Å²) >= 11 is 0. The van der Waals surface area contributed by atoms with E-state index in [0.717, 1.165) is 53.4 Å². The van der Waals surface area contributed by atoms with E-state index in [2.05, 4.69) is 10.8 Å². The smallest absolute Gasteiger partial charge is 0.261 e. The number of benzene rings is 2. The van der Waals surface area contributed by atoms with Crippen LogP contribution >= 0.6 is 0 Å². The van der Waals surface area contributed by atoms with Crippen LogP contribution in [0, 0.1) is 11.7 Å². The van der Waals surface area contributed by atoms with Crippen molar-refractivity contribution in [3.8, 4) is 11.1 Å². The second-order valence-electron chi connectivity index (χ2n) is 8.19. The lowest BCUT2D eigenvalue weighted by molar-refractivity contribution is -0.119. The van der Waals surface area contributed by atoms with Crippen molar-refractivity contribution in [2.75, 3.05) is 4.72 Å². The maximum Gasteiger partial charge on any atom is 0.261 e. The van der Waals surface area contributed by atoms with Crippen molar-refractivity contribution < 1.29 is 17.6 Å². The molecule has 1 fully saturated rings. The standard InChI is InChI=1S/C25H21FN2O3S/c26-18-3-1-4-21(13-18)32(30,31)28-19-11-9-16(10-12-19)23-14-20(15-25(29)17-7-8-17)27-24-6-2-5-22(23)24/h1-5,9-14,17,28H,6-8,15H2. The molecule has 5 rings (SSSR count). The zero-order valence-corrected chi connectivity index (χ0v) is 18.0. The highest BCUT2D eigenvalue weighted by Gasteiger charge is 2.30. The molecule has 0 unspecified atom stereocenters. The van der Waals surface area contributed by atoms with Crippen LogP contribution < -0.4 is 4.72 Å². The second-order valence-corrected chi connectivity index (χ2v) is 9.87. The minimum Gasteiger partial charge on any atom is -0.299 e. The van der Waals surface area contributed by atoms with Crippen molar-refractivity contribution >= 4 is 27.6 Å². The lowest BCUT2D eigenvalue weighted by atomic mass is 9.97. The predicted octanol–water partition coefficient (Wildman–Crippen LogP) is 4.78. The Morgan fingerprint density at radius 1 is 1.09 bits per heavy atom. The van der Waals surface area contributed by atoms with Gasteiger partial charge in [0.05, 0.1) is 10.6 Å². The number of ketones is 1. The summed E-state index contributed by atoms with van der Waals surface area (Å²) in [6.07, 6.45) is 7.12. The van der Waals surface area contributed by atoms with Crippen LogP contribution in [0.2, 0.25) is 0 Å². The highest BCUT2D eigenvalue weighted by atomic mass is 32.2. The van der Waals surface area contributed by atoms with Gasteiger partial charge in [0.2, 0.25) is 0 Å². The predicted molar refractivity (Wildman–Crippen MR) is 121 cm³/mol. The number of aromatic nitrogens is 1. The van der Waals surface area contributed by atoms with Crippen LogP contribution in [0.5, 0.6) is 0 Å². The average Bonchev–Trinajstić information content (AvgIpc) is 3.52. The molecule has 2 aromatic carbocycles. The summed E-state index contributed by atoms with van der Waals surface area (Å²) in [4.78, 5) is 16.8. The number of halogens is 1. The maximum atomic E-state index is 13.4. The van der Waals surface area contributed by atoms with Crippen LogP contribution in [0.3, 0.4) is 0 Å². The van der Waals surface area contributed by atoms with Gasteiger partial charge < -0.3 is 0 Å². The summed E-state index contributed by atoms with van der Waals surface area (Å²) in [6.45, 7) is 0. The van der Waals surface area contributed by atoms with Crippen LogP contribution in [0.1, 0.15) is 29.8 Å². The van der Waals surface area contributed by atoms with Crippen molar-refractivity contribution in [3.63, 3.8) is 0 Å². The number of rotatable bonds is 7. The number of nitrogens with one attached hydrogen (secondary N) is 1. The normalized spacial score (nSPS) is 14.9. The van der Waals surface area contributed by atoms with E-state index in [9.17, 15) is 17.6 Å². The van der Waals surface area contributed by atoms with E-state index >= 15 is 0 Å². The van der Waals surface area contributed by atoms with Gasteiger partial charge in [0.1, 0.15) is 11.6 Å². The fourth-order valence-electron chi connectivity index (χ4n) is 3.92. The molecule has 1 heterocycles. The van der Waals surface area contributed by atoms with Gasteiger partial charge in [-0.05, 0) is 60.4 Å². The molecule has 1 N–H and O–H groups in total. The van der Waals surface area contributed by atoms with Gasteiger partial charge >= 0.3 is 0 Å². The minimum atomic E-state index is -3.89. The van der Waals surface area contributed by atoms with Gasteiger partial charge in [-0.25, -0.2) is 12.8 Å². The fraction of sp³-hybridized carbons (Fsp3) is 0.200. The molecule has 32 heavy (non-hydrogen) atoms. The summed E-state index contributed by atoms with van der Waals surface area (Å²) in [5.41, 5.74) is 5.02. The summed E-state index contributed by atoms with van der Waals surface area (Å²) in [7, 11) is -3.89. The molecule has 0 amide bonds. The lowest BCUT2D eigenvalue weighted by Gasteiger charge is -2.13. The Balaban J connectivity index is 1.42. The first-order chi connectivity index (χ1) is 15.4. The molecule has 1 saturated carbocycles. The molecule has 2 aliphatic rings. The van der Waals surface area contributed by atoms with Crippen molar-refractivity contribution in [1.29, 1.82) is 0 Å². The molecule has 0 saturated heterocycles. The van der Waals surface area contributed by atoms with Crippen LogP contribution in [-0.2, 0) is 27.7 Å². The Bertz CT molecular complexity index is 1340. The van der Waals surface area contributed by atoms with E-state index in [1.54, 1.807) is 12.1 Å². The molecule has 7 heteroatoms. The summed E-state index contributed by atoms with van der Waals surface area (Å²) in [5.74, 6) is -0.174. The largest absolute Gasteiger partial charge is 0.299 e. The van der Waals surface area contributed by atoms with Gasteiger partial charge in [-0.3, -0.25) is 14.5 Å². The van der Waals surface area contributed by atoms with Crippen molar-refractivity contribution in [2.24, 2.45) is 5.92 Å².